The van der Waals surface area contributed by atoms with E-state index >= 15 is 0 Å². The molecule has 2 nitrogen and oxygen atoms in total. The Morgan fingerprint density at radius 3 is 2.83 bits per heavy atom. The van der Waals surface area contributed by atoms with Gasteiger partial charge in [-0.3, -0.25) is 0 Å². The van der Waals surface area contributed by atoms with Crippen LogP contribution in [0, 0.1) is 0 Å². The number of aryl methyl sites for hydroxylation is 2. The number of halogens is 1. The van der Waals surface area contributed by atoms with Crippen molar-refractivity contribution < 1.29 is 0 Å². The average molecular weight is 307 g/mol. The third kappa shape index (κ3) is 1.72. The number of hydrogen-bond acceptors (Lipinski definition) is 1. The van der Waals surface area contributed by atoms with Crippen molar-refractivity contribution in [1.82, 2.24) is 9.88 Å². The summed E-state index contributed by atoms with van der Waals surface area (Å²) in [4.78, 5) is 0. The molecule has 0 saturated carbocycles. The molecule has 1 N–H and O–H groups in total. The Kier molecular flexibility index (Phi) is 2.79. The molecule has 0 amide bonds. The molecule has 0 unspecified atom stereocenters. The number of nitrogens with one attached hydrogen (secondary N) is 1. The topological polar surface area (TPSA) is 17.0 Å². The van der Waals surface area contributed by atoms with Crippen molar-refractivity contribution in [2.24, 2.45) is 0 Å². The van der Waals surface area contributed by atoms with Crippen molar-refractivity contribution in [2.75, 3.05) is 7.05 Å². The summed E-state index contributed by atoms with van der Waals surface area (Å²) in [5, 5.41) is 4.81. The van der Waals surface area contributed by atoms with E-state index in [0.29, 0.717) is 0 Å². The van der Waals surface area contributed by atoms with Crippen LogP contribution in [0.5, 0.6) is 0 Å². The van der Waals surface area contributed by atoms with Gasteiger partial charge in [-0.2, -0.15) is 0 Å². The van der Waals surface area contributed by atoms with Crippen molar-refractivity contribution in [1.29, 1.82) is 0 Å². The molecule has 0 bridgehead atoms. The Morgan fingerprint density at radius 1 is 1.33 bits per heavy atom. The van der Waals surface area contributed by atoms with Gasteiger partial charge in [0.15, 0.2) is 0 Å². The van der Waals surface area contributed by atoms with Crippen molar-refractivity contribution in [2.45, 2.75) is 38.8 Å². The van der Waals surface area contributed by atoms with Gasteiger partial charge in [0.2, 0.25) is 0 Å². The van der Waals surface area contributed by atoms with Crippen LogP contribution in [0.15, 0.2) is 22.8 Å². The molecule has 2 aromatic rings. The van der Waals surface area contributed by atoms with Crippen LogP contribution in [0.1, 0.15) is 31.4 Å². The molecule has 0 fully saturated rings. The van der Waals surface area contributed by atoms with Gasteiger partial charge in [0.05, 0.1) is 5.52 Å². The molecule has 0 aliphatic carbocycles. The summed E-state index contributed by atoms with van der Waals surface area (Å²) in [7, 11) is 2.03. The van der Waals surface area contributed by atoms with Gasteiger partial charge in [0.25, 0.3) is 0 Å². The molecule has 0 radical (unpaired) electrons. The maximum atomic E-state index is 3.65. The highest BCUT2D eigenvalue weighted by Crippen LogP contribution is 2.36. The molecule has 3 heteroatoms. The monoisotopic (exact) mass is 306 g/mol. The second kappa shape index (κ2) is 4.10. The predicted octanol–water partition coefficient (Wildman–Crippen LogP) is 3.80. The van der Waals surface area contributed by atoms with Crippen LogP contribution in [0.25, 0.3) is 10.9 Å². The Bertz CT molecular complexity index is 610. The van der Waals surface area contributed by atoms with Gasteiger partial charge in [-0.25, -0.2) is 0 Å². The maximum Gasteiger partial charge on any atom is 0.0517 e. The van der Waals surface area contributed by atoms with E-state index in [0.717, 1.165) is 6.54 Å². The Hall–Kier alpha value is -0.800. The third-order valence-electron chi connectivity index (χ3n) is 4.16. The van der Waals surface area contributed by atoms with Crippen LogP contribution >= 0.6 is 15.9 Å². The normalized spacial score (nSPS) is 15.3. The largest absolute Gasteiger partial charge is 0.347 e. The summed E-state index contributed by atoms with van der Waals surface area (Å²) >= 11 is 3.65. The molecule has 96 valence electrons. The summed E-state index contributed by atoms with van der Waals surface area (Å²) in [6.07, 6.45) is 4.77. The van der Waals surface area contributed by atoms with Crippen LogP contribution < -0.4 is 5.32 Å². The molecule has 2 heterocycles. The lowest BCUT2D eigenvalue weighted by Crippen LogP contribution is -2.32. The first-order valence-corrected chi connectivity index (χ1v) is 7.33. The zero-order chi connectivity index (χ0) is 12.9. The molecule has 0 saturated heterocycles. The van der Waals surface area contributed by atoms with Gasteiger partial charge in [0, 0.05) is 28.1 Å². The van der Waals surface area contributed by atoms with E-state index in [1.165, 1.54) is 39.3 Å². The van der Waals surface area contributed by atoms with E-state index in [-0.39, 0.29) is 5.54 Å². The predicted molar refractivity (Wildman–Crippen MR) is 80.0 cm³/mol. The van der Waals surface area contributed by atoms with Crippen LogP contribution in [0.2, 0.25) is 0 Å². The van der Waals surface area contributed by atoms with Crippen LogP contribution in [-0.2, 0) is 18.5 Å². The number of hydrogen-bond donors (Lipinski definition) is 1. The standard InChI is InChI=1S/C15H19BrN2/c1-15(2,17-3)13-9-18-6-4-5-10-7-11(16)8-12(13)14(10)18/h7-9,17H,4-6H2,1-3H3. The SMILES string of the molecule is CNC(C)(C)c1cn2c3c(cc(Br)cc13)CCC2. The Labute approximate surface area is 116 Å². The molecule has 1 aliphatic heterocycles. The minimum atomic E-state index is 0.00586. The molecule has 1 aliphatic rings. The molecule has 1 aromatic carbocycles. The fraction of sp³-hybridized carbons (Fsp3) is 0.467. The van der Waals surface area contributed by atoms with Crippen molar-refractivity contribution in [3.05, 3.63) is 33.9 Å². The highest BCUT2D eigenvalue weighted by atomic mass is 79.9. The minimum Gasteiger partial charge on any atom is -0.347 e. The molecule has 18 heavy (non-hydrogen) atoms. The summed E-state index contributed by atoms with van der Waals surface area (Å²) < 4.78 is 3.62. The highest BCUT2D eigenvalue weighted by Gasteiger charge is 2.25. The van der Waals surface area contributed by atoms with E-state index in [2.05, 4.69) is 58.0 Å². The summed E-state index contributed by atoms with van der Waals surface area (Å²) in [6, 6.07) is 4.53. The maximum absolute atomic E-state index is 3.65. The molecule has 1 aromatic heterocycles. The van der Waals surface area contributed by atoms with Gasteiger partial charge in [-0.05, 0) is 57.0 Å². The zero-order valence-corrected chi connectivity index (χ0v) is 12.8. The number of rotatable bonds is 2. The molecule has 0 spiro atoms. The highest BCUT2D eigenvalue weighted by molar-refractivity contribution is 9.10. The fourth-order valence-corrected chi connectivity index (χ4v) is 3.43. The fourth-order valence-electron chi connectivity index (χ4n) is 2.93. The van der Waals surface area contributed by atoms with Gasteiger partial charge in [0.1, 0.15) is 0 Å². The lowest BCUT2D eigenvalue weighted by Gasteiger charge is -2.23. The smallest absolute Gasteiger partial charge is 0.0517 e. The van der Waals surface area contributed by atoms with Crippen LogP contribution in [0.3, 0.4) is 0 Å². The molecular weight excluding hydrogens is 288 g/mol. The second-order valence-electron chi connectivity index (χ2n) is 5.68. The first-order valence-electron chi connectivity index (χ1n) is 6.53. The quantitative estimate of drug-likeness (QED) is 0.893. The second-order valence-corrected chi connectivity index (χ2v) is 6.59. The number of benzene rings is 1. The summed E-state index contributed by atoms with van der Waals surface area (Å²) in [6.45, 7) is 5.63. The van der Waals surface area contributed by atoms with Gasteiger partial charge in [-0.15, -0.1) is 0 Å². The van der Waals surface area contributed by atoms with Crippen LogP contribution in [-0.4, -0.2) is 11.6 Å². The first-order chi connectivity index (χ1) is 8.53. The van der Waals surface area contributed by atoms with Gasteiger partial charge >= 0.3 is 0 Å². The summed E-state index contributed by atoms with van der Waals surface area (Å²) in [5.74, 6) is 0. The lowest BCUT2D eigenvalue weighted by atomic mass is 9.93. The Morgan fingerprint density at radius 2 is 2.11 bits per heavy atom. The third-order valence-corrected chi connectivity index (χ3v) is 4.62. The van der Waals surface area contributed by atoms with Crippen molar-refractivity contribution >= 4 is 26.8 Å². The summed E-state index contributed by atoms with van der Waals surface area (Å²) in [5.41, 5.74) is 4.31. The van der Waals surface area contributed by atoms with E-state index in [9.17, 15) is 0 Å². The van der Waals surface area contributed by atoms with Crippen molar-refractivity contribution in [3.63, 3.8) is 0 Å². The van der Waals surface area contributed by atoms with Gasteiger partial charge in [-0.1, -0.05) is 15.9 Å². The Balaban J connectivity index is 2.36. The van der Waals surface area contributed by atoms with E-state index in [1.807, 2.05) is 7.05 Å². The zero-order valence-electron chi connectivity index (χ0n) is 11.2. The number of nitrogens with zero attached hydrogens (tertiary/aromatic N) is 1. The first kappa shape index (κ1) is 12.2. The minimum absolute atomic E-state index is 0.00586. The molecule has 0 atom stereocenters. The van der Waals surface area contributed by atoms with E-state index < -0.39 is 0 Å². The van der Waals surface area contributed by atoms with E-state index in [4.69, 9.17) is 0 Å². The average Bonchev–Trinajstić information content (AvgIpc) is 2.70. The molecule has 3 rings (SSSR count). The van der Waals surface area contributed by atoms with Crippen LogP contribution in [0.4, 0.5) is 0 Å². The van der Waals surface area contributed by atoms with Gasteiger partial charge < -0.3 is 9.88 Å². The van der Waals surface area contributed by atoms with Crippen molar-refractivity contribution in [3.8, 4) is 0 Å². The molecular formula is C15H19BrN2. The number of aromatic nitrogens is 1. The van der Waals surface area contributed by atoms with E-state index in [1.54, 1.807) is 0 Å². The lowest BCUT2D eigenvalue weighted by molar-refractivity contribution is 0.446.